The molecule has 0 saturated carbocycles. The third-order valence-corrected chi connectivity index (χ3v) is 10.5. The number of hydrogen-bond donors (Lipinski definition) is 4. The zero-order valence-electron chi connectivity index (χ0n) is 30.3. The highest BCUT2D eigenvalue weighted by molar-refractivity contribution is 6.07. The lowest BCUT2D eigenvalue weighted by molar-refractivity contribution is -0.168. The van der Waals surface area contributed by atoms with Crippen LogP contribution in [0.15, 0.2) is 74.7 Å². The number of allylic oxidation sites excluding steroid dienone is 1. The van der Waals surface area contributed by atoms with Crippen LogP contribution in [-0.2, 0) is 33.7 Å². The standard InChI is InChI=1S/C40H42N6O8/c1-21-11-29(48)36-31(51-21)17-30-26(37(36)49)16-33(39(2,3)53-30)52-38(50)40(8-4-10-47)32(54-40)6-5-22-12-27(45-34(41)13-22)24-14-25(44-35(42)15-24)19-46-18-23-7-9-43-28(23)20-46/h7,9,11-15,17-18,32-33,47,49H,4-6,8,10,16,19-20H2,1-3H3,(H2,41,45)(H2,42,44)/t32-,33-,40+/m1/s1. The lowest BCUT2D eigenvalue weighted by Gasteiger charge is -2.39. The SMILES string of the molecule is Cc1cc(=O)c2c(O)c3c(cc2o1)OC(C)(C)[C@H](OC(=O)[C@@]1(CCCO)O[C@@H]1CCc1cc(N)nc(-c2cc(N)nc(CN4C=C5C=CN=C5C4)c2)c1)C3. The summed E-state index contributed by atoms with van der Waals surface area (Å²) in [6, 6.07) is 10.4. The van der Waals surface area contributed by atoms with E-state index in [9.17, 15) is 19.8 Å². The Bertz CT molecular complexity index is 2350. The van der Waals surface area contributed by atoms with Crippen molar-refractivity contribution < 1.29 is 33.6 Å². The lowest BCUT2D eigenvalue weighted by atomic mass is 9.89. The number of aliphatic imine (C=N–C) groups is 1. The number of fused-ring (bicyclic) bond motifs is 3. The molecule has 0 bridgehead atoms. The van der Waals surface area contributed by atoms with Crippen LogP contribution >= 0.6 is 0 Å². The summed E-state index contributed by atoms with van der Waals surface area (Å²) in [6.07, 6.45) is 6.26. The van der Waals surface area contributed by atoms with Crippen molar-refractivity contribution in [3.05, 3.63) is 93.3 Å². The number of nitrogen functional groups attached to an aromatic ring is 2. The number of aromatic hydroxyl groups is 1. The van der Waals surface area contributed by atoms with Crippen molar-refractivity contribution in [1.29, 1.82) is 0 Å². The maximum atomic E-state index is 14.0. The van der Waals surface area contributed by atoms with Gasteiger partial charge in [-0.3, -0.25) is 9.79 Å². The Morgan fingerprint density at radius 3 is 2.72 bits per heavy atom. The Balaban J connectivity index is 0.970. The number of phenolic OH excluding ortho intramolecular Hbond substituents is 1. The number of nitrogens with zero attached hydrogens (tertiary/aromatic N) is 4. The van der Waals surface area contributed by atoms with Crippen molar-refractivity contribution in [1.82, 2.24) is 14.9 Å². The Morgan fingerprint density at radius 1 is 1.11 bits per heavy atom. The van der Waals surface area contributed by atoms with Crippen molar-refractivity contribution in [2.75, 3.05) is 24.6 Å². The fourth-order valence-electron chi connectivity index (χ4n) is 7.69. The number of carbonyl (C=O) groups excluding carboxylic acids is 1. The molecule has 0 spiro atoms. The van der Waals surface area contributed by atoms with E-state index < -0.39 is 29.4 Å². The van der Waals surface area contributed by atoms with E-state index in [1.807, 2.05) is 18.2 Å². The highest BCUT2D eigenvalue weighted by Gasteiger charge is 2.63. The zero-order chi connectivity index (χ0) is 37.9. The number of epoxide rings is 1. The van der Waals surface area contributed by atoms with Gasteiger partial charge in [0.05, 0.1) is 36.3 Å². The zero-order valence-corrected chi connectivity index (χ0v) is 30.3. The molecular formula is C40H42N6O8. The third kappa shape index (κ3) is 6.56. The minimum atomic E-state index is -1.26. The van der Waals surface area contributed by atoms with E-state index in [-0.39, 0.29) is 41.6 Å². The van der Waals surface area contributed by atoms with Crippen LogP contribution in [0.1, 0.15) is 55.7 Å². The Kier molecular flexibility index (Phi) is 8.69. The van der Waals surface area contributed by atoms with Crippen molar-refractivity contribution in [3.8, 4) is 22.8 Å². The van der Waals surface area contributed by atoms with Crippen LogP contribution in [0.5, 0.6) is 11.5 Å². The number of rotatable bonds is 11. The van der Waals surface area contributed by atoms with Crippen molar-refractivity contribution in [2.24, 2.45) is 4.99 Å². The molecule has 1 saturated heterocycles. The van der Waals surface area contributed by atoms with Gasteiger partial charge in [0, 0.05) is 54.3 Å². The van der Waals surface area contributed by atoms with Crippen LogP contribution < -0.4 is 21.6 Å². The maximum absolute atomic E-state index is 14.0. The first-order valence-corrected chi connectivity index (χ1v) is 18.0. The first-order valence-electron chi connectivity index (χ1n) is 18.0. The van der Waals surface area contributed by atoms with Gasteiger partial charge in [-0.2, -0.15) is 0 Å². The maximum Gasteiger partial charge on any atom is 0.341 e. The monoisotopic (exact) mass is 734 g/mol. The number of aryl methyl sites for hydroxylation is 2. The van der Waals surface area contributed by atoms with E-state index in [1.54, 1.807) is 45.2 Å². The van der Waals surface area contributed by atoms with Gasteiger partial charge >= 0.3 is 5.97 Å². The number of ether oxygens (including phenoxy) is 3. The summed E-state index contributed by atoms with van der Waals surface area (Å²) < 4.78 is 24.2. The van der Waals surface area contributed by atoms with Gasteiger partial charge in [0.25, 0.3) is 0 Å². The molecule has 4 aliphatic rings. The average Bonchev–Trinajstić information content (AvgIpc) is 3.42. The molecule has 1 fully saturated rings. The number of esters is 1. The molecule has 0 unspecified atom stereocenters. The number of aliphatic hydroxyl groups is 1. The summed E-state index contributed by atoms with van der Waals surface area (Å²) in [5, 5.41) is 20.9. The number of aromatic nitrogens is 2. The van der Waals surface area contributed by atoms with Gasteiger partial charge in [-0.05, 0) is 82.4 Å². The first kappa shape index (κ1) is 35.3. The number of benzene rings is 1. The molecule has 0 aliphatic carbocycles. The van der Waals surface area contributed by atoms with Crippen LogP contribution in [0.4, 0.5) is 11.6 Å². The molecule has 280 valence electrons. The van der Waals surface area contributed by atoms with E-state index in [0.717, 1.165) is 28.1 Å². The van der Waals surface area contributed by atoms with E-state index in [2.05, 4.69) is 26.1 Å². The largest absolute Gasteiger partial charge is 0.507 e. The highest BCUT2D eigenvalue weighted by Crippen LogP contribution is 2.47. The topological polar surface area (TPSA) is 212 Å². The van der Waals surface area contributed by atoms with E-state index in [1.165, 1.54) is 6.07 Å². The van der Waals surface area contributed by atoms with Crippen LogP contribution in [0, 0.1) is 6.92 Å². The van der Waals surface area contributed by atoms with Gasteiger partial charge in [0.1, 0.15) is 51.6 Å². The number of carbonyl (C=O) groups is 1. The minimum Gasteiger partial charge on any atom is -0.507 e. The third-order valence-electron chi connectivity index (χ3n) is 10.5. The lowest BCUT2D eigenvalue weighted by Crippen LogP contribution is -2.50. The quantitative estimate of drug-likeness (QED) is 0.125. The molecule has 14 nitrogen and oxygen atoms in total. The number of anilines is 2. The van der Waals surface area contributed by atoms with E-state index in [0.29, 0.717) is 66.8 Å². The van der Waals surface area contributed by atoms with Crippen LogP contribution in [0.25, 0.3) is 22.2 Å². The van der Waals surface area contributed by atoms with Crippen LogP contribution in [0.3, 0.4) is 0 Å². The Hall–Kier alpha value is -5.73. The smallest absolute Gasteiger partial charge is 0.341 e. The molecule has 1 aromatic carbocycles. The van der Waals surface area contributed by atoms with Gasteiger partial charge in [-0.15, -0.1) is 0 Å². The predicted octanol–water partition coefficient (Wildman–Crippen LogP) is 4.26. The van der Waals surface area contributed by atoms with Gasteiger partial charge in [0.15, 0.2) is 11.0 Å². The summed E-state index contributed by atoms with van der Waals surface area (Å²) in [4.78, 5) is 42.4. The second-order valence-corrected chi connectivity index (χ2v) is 14.9. The first-order chi connectivity index (χ1) is 25.8. The highest BCUT2D eigenvalue weighted by atomic mass is 16.7. The molecule has 4 aliphatic heterocycles. The summed E-state index contributed by atoms with van der Waals surface area (Å²) in [5.74, 6) is 0.635. The minimum absolute atomic E-state index is 0.0426. The Morgan fingerprint density at radius 2 is 1.93 bits per heavy atom. The molecule has 3 aromatic heterocycles. The summed E-state index contributed by atoms with van der Waals surface area (Å²) >= 11 is 0. The molecule has 0 amide bonds. The fraction of sp³-hybridized carbons (Fsp3) is 0.375. The molecule has 3 atom stereocenters. The summed E-state index contributed by atoms with van der Waals surface area (Å²) in [6.45, 7) is 6.37. The normalized spacial score (nSPS) is 22.0. The van der Waals surface area contributed by atoms with Crippen LogP contribution in [0.2, 0.25) is 0 Å². The molecule has 0 radical (unpaired) electrons. The van der Waals surface area contributed by atoms with E-state index >= 15 is 0 Å². The number of hydrogen-bond acceptors (Lipinski definition) is 14. The van der Waals surface area contributed by atoms with Gasteiger partial charge in [-0.25, -0.2) is 14.8 Å². The predicted molar refractivity (Wildman–Crippen MR) is 201 cm³/mol. The van der Waals surface area contributed by atoms with Crippen molar-refractivity contribution in [2.45, 2.75) is 82.8 Å². The van der Waals surface area contributed by atoms with Crippen molar-refractivity contribution >= 4 is 34.3 Å². The number of pyridine rings is 2. The molecule has 54 heavy (non-hydrogen) atoms. The molecule has 7 heterocycles. The second-order valence-electron chi connectivity index (χ2n) is 14.9. The van der Waals surface area contributed by atoms with Crippen molar-refractivity contribution in [3.63, 3.8) is 0 Å². The Labute approximate surface area is 310 Å². The van der Waals surface area contributed by atoms with E-state index in [4.69, 9.17) is 30.1 Å². The number of nitrogens with two attached hydrogens (primary N) is 2. The number of aliphatic hydroxyl groups excluding tert-OH is 1. The molecular weight excluding hydrogens is 692 g/mol. The number of phenols is 1. The molecule has 8 rings (SSSR count). The average molecular weight is 735 g/mol. The van der Waals surface area contributed by atoms with Gasteiger partial charge < -0.3 is 45.2 Å². The van der Waals surface area contributed by atoms with Gasteiger partial charge in [-0.1, -0.05) is 0 Å². The fourth-order valence-corrected chi connectivity index (χ4v) is 7.69. The van der Waals surface area contributed by atoms with Gasteiger partial charge in [0.2, 0.25) is 0 Å². The van der Waals surface area contributed by atoms with Crippen LogP contribution in [-0.4, -0.2) is 73.3 Å². The summed E-state index contributed by atoms with van der Waals surface area (Å²) in [5.41, 5.74) is 15.7. The molecule has 6 N–H and O–H groups in total. The second kappa shape index (κ2) is 13.3. The summed E-state index contributed by atoms with van der Waals surface area (Å²) in [7, 11) is 0. The molecule has 4 aromatic rings. The molecule has 14 heteroatoms.